The first kappa shape index (κ1) is 21.2. The second kappa shape index (κ2) is 9.80. The van der Waals surface area contributed by atoms with Gasteiger partial charge in [0.05, 0.1) is 24.8 Å². The fourth-order valence-electron chi connectivity index (χ4n) is 2.83. The maximum Gasteiger partial charge on any atom is 0.270 e. The van der Waals surface area contributed by atoms with Crippen LogP contribution in [0.1, 0.15) is 22.0 Å². The molecule has 1 N–H and O–H groups in total. The average Bonchev–Trinajstić information content (AvgIpc) is 2.78. The van der Waals surface area contributed by atoms with Gasteiger partial charge >= 0.3 is 0 Å². The third-order valence-corrected chi connectivity index (χ3v) is 4.64. The maximum atomic E-state index is 13.1. The summed E-state index contributed by atoms with van der Waals surface area (Å²) in [6.45, 7) is 0. The van der Waals surface area contributed by atoms with Crippen LogP contribution in [0, 0.1) is 0 Å². The van der Waals surface area contributed by atoms with Crippen molar-refractivity contribution in [3.05, 3.63) is 82.9 Å². The van der Waals surface area contributed by atoms with Crippen molar-refractivity contribution in [1.82, 2.24) is 0 Å². The van der Waals surface area contributed by atoms with Crippen LogP contribution in [0.5, 0.6) is 17.2 Å². The lowest BCUT2D eigenvalue weighted by Crippen LogP contribution is -2.26. The van der Waals surface area contributed by atoms with Crippen molar-refractivity contribution in [3.8, 4) is 17.2 Å². The summed E-state index contributed by atoms with van der Waals surface area (Å²) in [7, 11) is 3.02. The van der Waals surface area contributed by atoms with Crippen LogP contribution in [0.3, 0.4) is 0 Å². The second-order valence-corrected chi connectivity index (χ2v) is 6.68. The number of hydrogen-bond acceptors (Lipinski definition) is 5. The Hall–Kier alpha value is -3.51. The number of carbonyl (C=O) groups excluding carboxylic acids is 2. The standard InChI is InChI=1S/C23H20ClNO5/c1-28-18-9-11-20(16(12-18)14-26)30-22(15-6-4-3-5-7-15)23(27)25-17-8-10-21(29-2)19(24)13-17/h3-14,22H,1-2H3,(H,25,27). The smallest absolute Gasteiger partial charge is 0.270 e. The van der Waals surface area contributed by atoms with Gasteiger partial charge in [-0.25, -0.2) is 0 Å². The van der Waals surface area contributed by atoms with Crippen molar-refractivity contribution in [2.45, 2.75) is 6.10 Å². The molecule has 0 bridgehead atoms. The van der Waals surface area contributed by atoms with Crippen LogP contribution in [0.15, 0.2) is 66.7 Å². The summed E-state index contributed by atoms with van der Waals surface area (Å²) in [6.07, 6.45) is -0.347. The van der Waals surface area contributed by atoms with Crippen LogP contribution < -0.4 is 19.5 Å². The minimum atomic E-state index is -1.00. The highest BCUT2D eigenvalue weighted by Gasteiger charge is 2.24. The zero-order chi connectivity index (χ0) is 21.5. The summed E-state index contributed by atoms with van der Waals surface area (Å²) in [6, 6.07) is 18.7. The summed E-state index contributed by atoms with van der Waals surface area (Å²) in [4.78, 5) is 24.6. The van der Waals surface area contributed by atoms with E-state index in [1.165, 1.54) is 14.2 Å². The molecule has 0 saturated carbocycles. The van der Waals surface area contributed by atoms with E-state index in [0.717, 1.165) is 0 Å². The van der Waals surface area contributed by atoms with Gasteiger partial charge in [0.25, 0.3) is 5.91 Å². The second-order valence-electron chi connectivity index (χ2n) is 6.27. The summed E-state index contributed by atoms with van der Waals surface area (Å²) in [5, 5.41) is 3.16. The largest absolute Gasteiger partial charge is 0.497 e. The number of carbonyl (C=O) groups is 2. The molecular formula is C23H20ClNO5. The van der Waals surface area contributed by atoms with Crippen molar-refractivity contribution in [1.29, 1.82) is 0 Å². The van der Waals surface area contributed by atoms with E-state index in [1.54, 1.807) is 60.7 Å². The van der Waals surface area contributed by atoms with E-state index >= 15 is 0 Å². The molecular weight excluding hydrogens is 406 g/mol. The molecule has 0 aliphatic heterocycles. The molecule has 0 spiro atoms. The number of hydrogen-bond donors (Lipinski definition) is 1. The van der Waals surface area contributed by atoms with Gasteiger partial charge in [0.2, 0.25) is 6.10 Å². The summed E-state index contributed by atoms with van der Waals surface area (Å²) >= 11 is 6.15. The van der Waals surface area contributed by atoms with Crippen molar-refractivity contribution < 1.29 is 23.8 Å². The van der Waals surface area contributed by atoms with Crippen molar-refractivity contribution in [2.75, 3.05) is 19.5 Å². The van der Waals surface area contributed by atoms with Gasteiger partial charge < -0.3 is 19.5 Å². The lowest BCUT2D eigenvalue weighted by Gasteiger charge is -2.20. The zero-order valence-corrected chi connectivity index (χ0v) is 17.2. The molecule has 1 atom stereocenters. The normalized spacial score (nSPS) is 11.3. The Morgan fingerprint density at radius 1 is 0.967 bits per heavy atom. The first-order valence-corrected chi connectivity index (χ1v) is 9.42. The highest BCUT2D eigenvalue weighted by atomic mass is 35.5. The van der Waals surface area contributed by atoms with Crippen LogP contribution in [-0.4, -0.2) is 26.4 Å². The highest BCUT2D eigenvalue weighted by Crippen LogP contribution is 2.30. The number of anilines is 1. The first-order valence-electron chi connectivity index (χ1n) is 9.05. The Bertz CT molecular complexity index is 1040. The molecule has 3 aromatic carbocycles. The number of benzene rings is 3. The lowest BCUT2D eigenvalue weighted by atomic mass is 10.1. The molecule has 0 heterocycles. The molecule has 0 radical (unpaired) electrons. The van der Waals surface area contributed by atoms with Gasteiger partial charge in [-0.05, 0) is 36.4 Å². The van der Waals surface area contributed by atoms with Gasteiger partial charge in [-0.2, -0.15) is 0 Å². The number of ether oxygens (including phenoxy) is 3. The molecule has 3 rings (SSSR count). The number of methoxy groups -OCH3 is 2. The van der Waals surface area contributed by atoms with Crippen LogP contribution >= 0.6 is 11.6 Å². The molecule has 0 aliphatic rings. The Labute approximate surface area is 179 Å². The minimum absolute atomic E-state index is 0.266. The third-order valence-electron chi connectivity index (χ3n) is 4.35. The van der Waals surface area contributed by atoms with Crippen LogP contribution in [-0.2, 0) is 4.79 Å². The number of nitrogens with one attached hydrogen (secondary N) is 1. The van der Waals surface area contributed by atoms with Crippen molar-refractivity contribution >= 4 is 29.5 Å². The van der Waals surface area contributed by atoms with Gasteiger partial charge in [0.1, 0.15) is 17.2 Å². The van der Waals surface area contributed by atoms with Gasteiger partial charge in [-0.1, -0.05) is 41.9 Å². The summed E-state index contributed by atoms with van der Waals surface area (Å²) in [5.74, 6) is 0.857. The third kappa shape index (κ3) is 4.90. The van der Waals surface area contributed by atoms with E-state index in [4.69, 9.17) is 25.8 Å². The van der Waals surface area contributed by atoms with E-state index in [0.29, 0.717) is 34.1 Å². The van der Waals surface area contributed by atoms with Crippen LogP contribution in [0.4, 0.5) is 5.69 Å². The van der Waals surface area contributed by atoms with Gasteiger partial charge in [0.15, 0.2) is 6.29 Å². The molecule has 154 valence electrons. The number of rotatable bonds is 8. The van der Waals surface area contributed by atoms with E-state index in [9.17, 15) is 9.59 Å². The highest BCUT2D eigenvalue weighted by molar-refractivity contribution is 6.32. The van der Waals surface area contributed by atoms with Crippen LogP contribution in [0.2, 0.25) is 5.02 Å². The zero-order valence-electron chi connectivity index (χ0n) is 16.4. The Morgan fingerprint density at radius 3 is 2.33 bits per heavy atom. The van der Waals surface area contributed by atoms with Crippen LogP contribution in [0.25, 0.3) is 0 Å². The molecule has 0 aromatic heterocycles. The Balaban J connectivity index is 1.91. The van der Waals surface area contributed by atoms with E-state index in [1.807, 2.05) is 6.07 Å². The summed E-state index contributed by atoms with van der Waals surface area (Å²) < 4.78 is 16.2. The SMILES string of the molecule is COc1ccc(OC(C(=O)Nc2ccc(OC)c(Cl)c2)c2ccccc2)c(C=O)c1. The Kier molecular flexibility index (Phi) is 6.93. The predicted octanol–water partition coefficient (Wildman–Crippen LogP) is 4.93. The van der Waals surface area contributed by atoms with Gasteiger partial charge in [0, 0.05) is 11.3 Å². The molecule has 0 saturated heterocycles. The number of halogens is 1. The van der Waals surface area contributed by atoms with Gasteiger partial charge in [-0.3, -0.25) is 9.59 Å². The quantitative estimate of drug-likeness (QED) is 0.518. The van der Waals surface area contributed by atoms with E-state index in [2.05, 4.69) is 5.32 Å². The molecule has 30 heavy (non-hydrogen) atoms. The number of aldehydes is 1. The van der Waals surface area contributed by atoms with E-state index < -0.39 is 12.0 Å². The molecule has 7 heteroatoms. The predicted molar refractivity (Wildman–Crippen MR) is 115 cm³/mol. The topological polar surface area (TPSA) is 73.9 Å². The van der Waals surface area contributed by atoms with Crippen molar-refractivity contribution in [3.63, 3.8) is 0 Å². The minimum Gasteiger partial charge on any atom is -0.497 e. The first-order chi connectivity index (χ1) is 14.5. The molecule has 1 unspecified atom stereocenters. The maximum absolute atomic E-state index is 13.1. The summed E-state index contributed by atoms with van der Waals surface area (Å²) in [5.41, 5.74) is 1.39. The molecule has 6 nitrogen and oxygen atoms in total. The van der Waals surface area contributed by atoms with Crippen molar-refractivity contribution in [2.24, 2.45) is 0 Å². The van der Waals surface area contributed by atoms with Gasteiger partial charge in [-0.15, -0.1) is 0 Å². The monoisotopic (exact) mass is 425 g/mol. The Morgan fingerprint density at radius 2 is 1.70 bits per heavy atom. The molecule has 0 aliphatic carbocycles. The van der Waals surface area contributed by atoms with E-state index in [-0.39, 0.29) is 11.3 Å². The molecule has 1 amide bonds. The number of amides is 1. The fourth-order valence-corrected chi connectivity index (χ4v) is 3.09. The average molecular weight is 426 g/mol. The lowest BCUT2D eigenvalue weighted by molar-refractivity contribution is -0.123. The fraction of sp³-hybridized carbons (Fsp3) is 0.130. The molecule has 0 fully saturated rings. The molecule has 3 aromatic rings.